The number of hydrogen-bond donors (Lipinski definition) is 1. The fraction of sp³-hybridized carbons (Fsp3) is 0.292. The Kier molecular flexibility index (Phi) is 7.55. The van der Waals surface area contributed by atoms with Crippen LogP contribution in [0.4, 0.5) is 5.69 Å². The maximum Gasteiger partial charge on any atom is 0.256 e. The molecular weight excluding hydrogens is 428 g/mol. The first-order chi connectivity index (χ1) is 14.7. The van der Waals surface area contributed by atoms with E-state index < -0.39 is 0 Å². The Morgan fingerprint density at radius 3 is 2.70 bits per heavy atom. The summed E-state index contributed by atoms with van der Waals surface area (Å²) in [7, 11) is 0. The monoisotopic (exact) mass is 454 g/mol. The highest BCUT2D eigenvalue weighted by atomic mass is 32.2. The molecule has 0 saturated carbocycles. The Labute approximate surface area is 191 Å². The molecule has 30 heavy (non-hydrogen) atoms. The molecule has 0 radical (unpaired) electrons. The Bertz CT molecular complexity index is 982. The molecule has 1 amide bonds. The molecule has 0 bridgehead atoms. The van der Waals surface area contributed by atoms with Crippen molar-refractivity contribution < 1.29 is 4.79 Å². The number of thiophene rings is 1. The maximum absolute atomic E-state index is 13.0. The number of carbonyl (C=O) groups excluding carboxylic acids is 1. The van der Waals surface area contributed by atoms with E-state index in [-0.39, 0.29) is 5.91 Å². The van der Waals surface area contributed by atoms with E-state index in [1.54, 1.807) is 23.1 Å². The van der Waals surface area contributed by atoms with Crippen molar-refractivity contribution in [1.82, 2.24) is 4.90 Å². The van der Waals surface area contributed by atoms with Gasteiger partial charge in [0.1, 0.15) is 0 Å². The van der Waals surface area contributed by atoms with Crippen molar-refractivity contribution in [1.29, 1.82) is 0 Å². The molecule has 1 aliphatic rings. The molecule has 6 heteroatoms. The van der Waals surface area contributed by atoms with Gasteiger partial charge < -0.3 is 5.32 Å². The summed E-state index contributed by atoms with van der Waals surface area (Å²) in [4.78, 5) is 17.9. The first-order valence-electron chi connectivity index (χ1n) is 10.1. The van der Waals surface area contributed by atoms with Gasteiger partial charge >= 0.3 is 0 Å². The number of nitrogens with zero attached hydrogens (tertiary/aromatic N) is 1. The summed E-state index contributed by atoms with van der Waals surface area (Å²) in [5, 5.41) is 5.21. The van der Waals surface area contributed by atoms with Crippen molar-refractivity contribution in [3.8, 4) is 0 Å². The van der Waals surface area contributed by atoms with Crippen LogP contribution in [0.5, 0.6) is 0 Å². The van der Waals surface area contributed by atoms with Crippen molar-refractivity contribution in [2.24, 2.45) is 0 Å². The zero-order chi connectivity index (χ0) is 20.8. The summed E-state index contributed by atoms with van der Waals surface area (Å²) in [6.45, 7) is 5.37. The molecule has 0 unspecified atom stereocenters. The lowest BCUT2D eigenvalue weighted by molar-refractivity contribution is 0.102. The highest BCUT2D eigenvalue weighted by Crippen LogP contribution is 2.29. The molecule has 1 fully saturated rings. The third-order valence-electron chi connectivity index (χ3n) is 5.13. The number of thioether (sulfide) groups is 2. The van der Waals surface area contributed by atoms with Crippen molar-refractivity contribution in [3.63, 3.8) is 0 Å². The predicted octanol–water partition coefficient (Wildman–Crippen LogP) is 6.15. The molecule has 2 heterocycles. The minimum absolute atomic E-state index is 0.0480. The van der Waals surface area contributed by atoms with Gasteiger partial charge in [0.2, 0.25) is 0 Å². The molecule has 0 spiro atoms. The van der Waals surface area contributed by atoms with Gasteiger partial charge in [-0.15, -0.1) is 23.1 Å². The highest BCUT2D eigenvalue weighted by Gasteiger charge is 2.14. The van der Waals surface area contributed by atoms with E-state index >= 15 is 0 Å². The van der Waals surface area contributed by atoms with Gasteiger partial charge in [-0.3, -0.25) is 9.69 Å². The average Bonchev–Trinajstić information content (AvgIpc) is 3.29. The van der Waals surface area contributed by atoms with Crippen LogP contribution in [-0.2, 0) is 12.3 Å². The fourth-order valence-corrected chi connectivity index (χ4v) is 6.30. The van der Waals surface area contributed by atoms with E-state index in [1.165, 1.54) is 21.9 Å². The maximum atomic E-state index is 13.0. The third kappa shape index (κ3) is 5.70. The van der Waals surface area contributed by atoms with E-state index in [4.69, 9.17) is 0 Å². The molecule has 0 atom stereocenters. The van der Waals surface area contributed by atoms with Crippen molar-refractivity contribution in [3.05, 3.63) is 81.5 Å². The van der Waals surface area contributed by atoms with Crippen LogP contribution >= 0.6 is 34.9 Å². The summed E-state index contributed by atoms with van der Waals surface area (Å²) >= 11 is 5.49. The van der Waals surface area contributed by atoms with Crippen LogP contribution < -0.4 is 5.32 Å². The van der Waals surface area contributed by atoms with Gasteiger partial charge in [0.25, 0.3) is 5.91 Å². The predicted molar refractivity (Wildman–Crippen MR) is 132 cm³/mol. The van der Waals surface area contributed by atoms with E-state index in [0.717, 1.165) is 47.1 Å². The lowest BCUT2D eigenvalue weighted by atomic mass is 10.1. The van der Waals surface area contributed by atoms with Crippen molar-refractivity contribution in [2.75, 3.05) is 29.9 Å². The summed E-state index contributed by atoms with van der Waals surface area (Å²) in [5.74, 6) is 3.27. The highest BCUT2D eigenvalue weighted by molar-refractivity contribution is 7.99. The number of amides is 1. The van der Waals surface area contributed by atoms with E-state index in [2.05, 4.69) is 46.8 Å². The topological polar surface area (TPSA) is 32.3 Å². The summed E-state index contributed by atoms with van der Waals surface area (Å²) in [6, 6.07) is 18.4. The fourth-order valence-electron chi connectivity index (χ4n) is 3.50. The molecule has 156 valence electrons. The first kappa shape index (κ1) is 21.5. The van der Waals surface area contributed by atoms with Gasteiger partial charge in [0, 0.05) is 52.4 Å². The molecular formula is C24H26N2OS3. The molecule has 1 N–H and O–H groups in total. The number of hydrogen-bond acceptors (Lipinski definition) is 5. The lowest BCUT2D eigenvalue weighted by Gasteiger charge is -2.26. The Hall–Kier alpha value is -1.73. The lowest BCUT2D eigenvalue weighted by Crippen LogP contribution is -2.31. The van der Waals surface area contributed by atoms with Crippen LogP contribution in [0.2, 0.25) is 0 Å². The molecule has 2 aromatic carbocycles. The summed E-state index contributed by atoms with van der Waals surface area (Å²) in [6.07, 6.45) is 0. The normalized spacial score (nSPS) is 14.6. The van der Waals surface area contributed by atoms with E-state index in [1.807, 2.05) is 42.1 Å². The minimum Gasteiger partial charge on any atom is -0.322 e. The number of rotatable bonds is 7. The number of carbonyl (C=O) groups is 1. The molecule has 3 nitrogen and oxygen atoms in total. The summed E-state index contributed by atoms with van der Waals surface area (Å²) in [5.41, 5.74) is 4.03. The largest absolute Gasteiger partial charge is 0.322 e. The number of nitrogens with one attached hydrogen (secondary N) is 1. The molecule has 3 aromatic rings. The van der Waals surface area contributed by atoms with Crippen LogP contribution in [0.25, 0.3) is 0 Å². The Balaban J connectivity index is 1.42. The quantitative estimate of drug-likeness (QED) is 0.434. The molecule has 0 aliphatic carbocycles. The number of anilines is 1. The minimum atomic E-state index is -0.0480. The Morgan fingerprint density at radius 2 is 1.93 bits per heavy atom. The van der Waals surface area contributed by atoms with Gasteiger partial charge in [-0.1, -0.05) is 30.3 Å². The number of aryl methyl sites for hydroxylation is 1. The van der Waals surface area contributed by atoms with E-state index in [0.29, 0.717) is 0 Å². The molecule has 1 saturated heterocycles. The van der Waals surface area contributed by atoms with Gasteiger partial charge in [-0.25, -0.2) is 0 Å². The second-order valence-corrected chi connectivity index (χ2v) is 10.6. The molecule has 1 aliphatic heterocycles. The van der Waals surface area contributed by atoms with Crippen LogP contribution in [0.15, 0.2) is 64.9 Å². The Morgan fingerprint density at radius 1 is 1.10 bits per heavy atom. The van der Waals surface area contributed by atoms with Gasteiger partial charge in [0.15, 0.2) is 0 Å². The van der Waals surface area contributed by atoms with Gasteiger partial charge in [-0.2, -0.15) is 11.8 Å². The van der Waals surface area contributed by atoms with E-state index in [9.17, 15) is 4.79 Å². The second-order valence-electron chi connectivity index (χ2n) is 7.36. The molecule has 1 aromatic heterocycles. The van der Waals surface area contributed by atoms with Gasteiger partial charge in [0.05, 0.1) is 5.56 Å². The average molecular weight is 455 g/mol. The zero-order valence-electron chi connectivity index (χ0n) is 17.1. The van der Waals surface area contributed by atoms with Crippen LogP contribution in [0.3, 0.4) is 0 Å². The number of benzene rings is 2. The van der Waals surface area contributed by atoms with Gasteiger partial charge in [-0.05, 0) is 47.7 Å². The van der Waals surface area contributed by atoms with Crippen LogP contribution in [-0.4, -0.2) is 35.4 Å². The van der Waals surface area contributed by atoms with Crippen LogP contribution in [0.1, 0.15) is 26.4 Å². The van der Waals surface area contributed by atoms with Crippen molar-refractivity contribution >= 4 is 46.5 Å². The SMILES string of the molecule is Cc1cc(CN2CCSCC2)ccc1NC(=O)c1ccccc1SCc1cccs1. The smallest absolute Gasteiger partial charge is 0.256 e. The zero-order valence-corrected chi connectivity index (χ0v) is 19.5. The van der Waals surface area contributed by atoms with Crippen molar-refractivity contribution in [2.45, 2.75) is 24.1 Å². The third-order valence-corrected chi connectivity index (χ3v) is 8.25. The second kappa shape index (κ2) is 10.5. The molecule has 4 rings (SSSR count). The standard InChI is InChI=1S/C24H26N2OS3/c1-18-15-19(16-26-10-13-28-14-11-26)8-9-22(18)25-24(27)21-6-2-3-7-23(21)30-17-20-5-4-12-29-20/h2-9,12,15H,10-11,13-14,16-17H2,1H3,(H,25,27). The van der Waals surface area contributed by atoms with Crippen LogP contribution in [0, 0.1) is 6.92 Å². The first-order valence-corrected chi connectivity index (χ1v) is 13.2. The summed E-state index contributed by atoms with van der Waals surface area (Å²) < 4.78 is 0.